The zero-order chi connectivity index (χ0) is 13.8. The van der Waals surface area contributed by atoms with Crippen molar-refractivity contribution in [1.82, 2.24) is 0 Å². The number of hydrogen-bond acceptors (Lipinski definition) is 3. The third-order valence-corrected chi connectivity index (χ3v) is 2.84. The molecule has 0 aliphatic rings. The van der Waals surface area contributed by atoms with E-state index in [9.17, 15) is 4.79 Å². The van der Waals surface area contributed by atoms with Crippen molar-refractivity contribution in [3.63, 3.8) is 0 Å². The van der Waals surface area contributed by atoms with Crippen LogP contribution < -0.4 is 15.8 Å². The van der Waals surface area contributed by atoms with Crippen molar-refractivity contribution >= 4 is 28.9 Å². The molecule has 0 saturated heterocycles. The van der Waals surface area contributed by atoms with Crippen LogP contribution in [0.2, 0.25) is 5.02 Å². The van der Waals surface area contributed by atoms with Crippen molar-refractivity contribution in [2.24, 2.45) is 0 Å². The Bertz CT molecular complexity index is 597. The van der Waals surface area contributed by atoms with Crippen molar-refractivity contribution in [1.29, 1.82) is 0 Å². The third kappa shape index (κ3) is 3.17. The first-order valence-corrected chi connectivity index (χ1v) is 5.98. The Morgan fingerprint density at radius 3 is 2.53 bits per heavy atom. The topological polar surface area (TPSA) is 64.3 Å². The lowest BCUT2D eigenvalue weighted by Crippen LogP contribution is -2.13. The number of nitrogens with two attached hydrogens (primary N) is 1. The van der Waals surface area contributed by atoms with E-state index < -0.39 is 0 Å². The van der Waals surface area contributed by atoms with E-state index in [-0.39, 0.29) is 5.91 Å². The van der Waals surface area contributed by atoms with Crippen LogP contribution in [0.1, 0.15) is 10.4 Å². The Hall–Kier alpha value is -2.20. The SMILES string of the molecule is COc1ccc(NC(=O)c2cc(Cl)ccc2N)cc1. The molecule has 0 aliphatic heterocycles. The second kappa shape index (κ2) is 5.63. The van der Waals surface area contributed by atoms with Crippen molar-refractivity contribution < 1.29 is 9.53 Å². The van der Waals surface area contributed by atoms with E-state index in [2.05, 4.69) is 5.32 Å². The van der Waals surface area contributed by atoms with E-state index in [1.54, 1.807) is 43.5 Å². The highest BCUT2D eigenvalue weighted by atomic mass is 35.5. The fourth-order valence-corrected chi connectivity index (χ4v) is 1.77. The lowest BCUT2D eigenvalue weighted by atomic mass is 10.1. The predicted molar refractivity (Wildman–Crippen MR) is 76.8 cm³/mol. The van der Waals surface area contributed by atoms with Gasteiger partial charge in [0.05, 0.1) is 12.7 Å². The normalized spacial score (nSPS) is 10.0. The molecule has 0 radical (unpaired) electrons. The molecule has 0 aromatic heterocycles. The van der Waals surface area contributed by atoms with Crippen LogP contribution in [0.5, 0.6) is 5.75 Å². The van der Waals surface area contributed by atoms with Gasteiger partial charge in [0.25, 0.3) is 5.91 Å². The standard InChI is InChI=1S/C14H13ClN2O2/c1-19-11-5-3-10(4-6-11)17-14(18)12-8-9(15)2-7-13(12)16/h2-8H,16H2,1H3,(H,17,18). The first kappa shape index (κ1) is 13.2. The maximum absolute atomic E-state index is 12.1. The lowest BCUT2D eigenvalue weighted by molar-refractivity contribution is 0.102. The number of benzene rings is 2. The van der Waals surface area contributed by atoms with E-state index in [1.165, 1.54) is 6.07 Å². The number of hydrogen-bond donors (Lipinski definition) is 2. The number of ether oxygens (including phenoxy) is 1. The van der Waals surface area contributed by atoms with Crippen LogP contribution in [0, 0.1) is 0 Å². The maximum Gasteiger partial charge on any atom is 0.257 e. The molecule has 0 atom stereocenters. The van der Waals surface area contributed by atoms with Gasteiger partial charge in [-0.3, -0.25) is 4.79 Å². The van der Waals surface area contributed by atoms with Gasteiger partial charge in [-0.15, -0.1) is 0 Å². The fraction of sp³-hybridized carbons (Fsp3) is 0.0714. The van der Waals surface area contributed by atoms with Gasteiger partial charge in [-0.25, -0.2) is 0 Å². The lowest BCUT2D eigenvalue weighted by Gasteiger charge is -2.08. The molecule has 5 heteroatoms. The summed E-state index contributed by atoms with van der Waals surface area (Å²) < 4.78 is 5.04. The van der Waals surface area contributed by atoms with Gasteiger partial charge in [-0.05, 0) is 42.5 Å². The largest absolute Gasteiger partial charge is 0.497 e. The summed E-state index contributed by atoms with van der Waals surface area (Å²) in [7, 11) is 1.58. The van der Waals surface area contributed by atoms with Gasteiger partial charge in [0, 0.05) is 16.4 Å². The summed E-state index contributed by atoms with van der Waals surface area (Å²) in [4.78, 5) is 12.1. The van der Waals surface area contributed by atoms with Crippen LogP contribution in [0.4, 0.5) is 11.4 Å². The number of nitrogens with one attached hydrogen (secondary N) is 1. The highest BCUT2D eigenvalue weighted by Crippen LogP contribution is 2.20. The highest BCUT2D eigenvalue weighted by Gasteiger charge is 2.10. The molecule has 0 bridgehead atoms. The summed E-state index contributed by atoms with van der Waals surface area (Å²) in [6, 6.07) is 11.8. The first-order chi connectivity index (χ1) is 9.10. The summed E-state index contributed by atoms with van der Waals surface area (Å²) >= 11 is 5.85. The molecule has 0 heterocycles. The molecule has 0 spiro atoms. The summed E-state index contributed by atoms with van der Waals surface area (Å²) in [6.07, 6.45) is 0. The minimum absolute atomic E-state index is 0.301. The summed E-state index contributed by atoms with van der Waals surface area (Å²) in [5.74, 6) is 0.422. The fourth-order valence-electron chi connectivity index (χ4n) is 1.60. The molecule has 2 aromatic carbocycles. The van der Waals surface area contributed by atoms with Crippen LogP contribution in [0.3, 0.4) is 0 Å². The summed E-state index contributed by atoms with van der Waals surface area (Å²) in [5, 5.41) is 3.21. The number of nitrogen functional groups attached to an aromatic ring is 1. The van der Waals surface area contributed by atoms with E-state index in [1.807, 2.05) is 0 Å². The molecule has 3 N–H and O–H groups in total. The Balaban J connectivity index is 2.18. The Labute approximate surface area is 116 Å². The van der Waals surface area contributed by atoms with Crippen molar-refractivity contribution in [2.45, 2.75) is 0 Å². The number of rotatable bonds is 3. The molecule has 98 valence electrons. The molecule has 0 unspecified atom stereocenters. The molecule has 0 fully saturated rings. The number of halogens is 1. The van der Waals surface area contributed by atoms with Crippen LogP contribution in [0.15, 0.2) is 42.5 Å². The molecular weight excluding hydrogens is 264 g/mol. The zero-order valence-corrected chi connectivity index (χ0v) is 11.1. The quantitative estimate of drug-likeness (QED) is 0.846. The van der Waals surface area contributed by atoms with Crippen LogP contribution >= 0.6 is 11.6 Å². The van der Waals surface area contributed by atoms with E-state index in [0.29, 0.717) is 22.0 Å². The molecule has 1 amide bonds. The molecule has 0 aliphatic carbocycles. The molecular formula is C14H13ClN2O2. The van der Waals surface area contributed by atoms with Crippen molar-refractivity contribution in [3.8, 4) is 5.75 Å². The van der Waals surface area contributed by atoms with Crippen LogP contribution in [-0.4, -0.2) is 13.0 Å². The van der Waals surface area contributed by atoms with Crippen LogP contribution in [-0.2, 0) is 0 Å². The summed E-state index contributed by atoms with van der Waals surface area (Å²) in [6.45, 7) is 0. The number of anilines is 2. The van der Waals surface area contributed by atoms with Gasteiger partial charge >= 0.3 is 0 Å². The van der Waals surface area contributed by atoms with Gasteiger partial charge in [-0.2, -0.15) is 0 Å². The Morgan fingerprint density at radius 1 is 1.21 bits per heavy atom. The minimum atomic E-state index is -0.301. The monoisotopic (exact) mass is 276 g/mol. The van der Waals surface area contributed by atoms with Gasteiger partial charge in [0.1, 0.15) is 5.75 Å². The first-order valence-electron chi connectivity index (χ1n) is 5.60. The number of methoxy groups -OCH3 is 1. The van der Waals surface area contributed by atoms with E-state index >= 15 is 0 Å². The number of carbonyl (C=O) groups is 1. The van der Waals surface area contributed by atoms with Crippen LogP contribution in [0.25, 0.3) is 0 Å². The number of carbonyl (C=O) groups excluding carboxylic acids is 1. The maximum atomic E-state index is 12.1. The van der Waals surface area contributed by atoms with Gasteiger partial charge in [0.15, 0.2) is 0 Å². The second-order valence-electron chi connectivity index (χ2n) is 3.91. The zero-order valence-electron chi connectivity index (χ0n) is 10.3. The summed E-state index contributed by atoms with van der Waals surface area (Å²) in [5.41, 5.74) is 7.14. The highest BCUT2D eigenvalue weighted by molar-refractivity contribution is 6.31. The average Bonchev–Trinajstić information content (AvgIpc) is 2.42. The number of amides is 1. The molecule has 19 heavy (non-hydrogen) atoms. The van der Waals surface area contributed by atoms with E-state index in [0.717, 1.165) is 5.75 Å². The smallest absolute Gasteiger partial charge is 0.257 e. The van der Waals surface area contributed by atoms with Crippen molar-refractivity contribution in [2.75, 3.05) is 18.2 Å². The average molecular weight is 277 g/mol. The van der Waals surface area contributed by atoms with E-state index in [4.69, 9.17) is 22.1 Å². The minimum Gasteiger partial charge on any atom is -0.497 e. The van der Waals surface area contributed by atoms with Crippen molar-refractivity contribution in [3.05, 3.63) is 53.1 Å². The Morgan fingerprint density at radius 2 is 1.89 bits per heavy atom. The van der Waals surface area contributed by atoms with Gasteiger partial charge < -0.3 is 15.8 Å². The van der Waals surface area contributed by atoms with Gasteiger partial charge in [0.2, 0.25) is 0 Å². The Kier molecular flexibility index (Phi) is 3.92. The molecule has 4 nitrogen and oxygen atoms in total. The molecule has 2 aromatic rings. The third-order valence-electron chi connectivity index (χ3n) is 2.61. The second-order valence-corrected chi connectivity index (χ2v) is 4.35. The molecule has 0 saturated carbocycles. The molecule has 2 rings (SSSR count). The predicted octanol–water partition coefficient (Wildman–Crippen LogP) is 3.18. The van der Waals surface area contributed by atoms with Gasteiger partial charge in [-0.1, -0.05) is 11.6 Å².